The number of benzene rings is 2. The molecule has 0 aliphatic carbocycles. The van der Waals surface area contributed by atoms with E-state index in [0.29, 0.717) is 11.4 Å². The highest BCUT2D eigenvalue weighted by Crippen LogP contribution is 2.27. The van der Waals surface area contributed by atoms with Crippen LogP contribution in [-0.4, -0.2) is 41.0 Å². The maximum absolute atomic E-state index is 13.0. The number of carbonyl (C=O) groups excluding carboxylic acids is 3. The molecule has 1 aliphatic heterocycles. The molecular formula is C29H32N4O4. The number of imide groups is 1. The van der Waals surface area contributed by atoms with E-state index in [1.807, 2.05) is 19.9 Å². The fourth-order valence-corrected chi connectivity index (χ4v) is 4.39. The molecule has 2 aromatic carbocycles. The van der Waals surface area contributed by atoms with Gasteiger partial charge in [0.25, 0.3) is 5.91 Å². The van der Waals surface area contributed by atoms with Gasteiger partial charge >= 0.3 is 6.03 Å². The van der Waals surface area contributed by atoms with Crippen molar-refractivity contribution in [2.75, 3.05) is 19.0 Å². The third kappa shape index (κ3) is 5.28. The lowest BCUT2D eigenvalue weighted by Gasteiger charge is -2.20. The van der Waals surface area contributed by atoms with E-state index in [9.17, 15) is 14.4 Å². The molecule has 8 heteroatoms. The Morgan fingerprint density at radius 2 is 1.73 bits per heavy atom. The molecule has 0 atom stereocenters. The van der Waals surface area contributed by atoms with Crippen LogP contribution in [0.5, 0.6) is 5.75 Å². The largest absolute Gasteiger partial charge is 0.495 e. The Morgan fingerprint density at radius 3 is 2.38 bits per heavy atom. The van der Waals surface area contributed by atoms with Crippen molar-refractivity contribution < 1.29 is 19.1 Å². The SMILES string of the molecule is COc1ccccc1NC(=O)CN1C(=O)N/C(=C/c2cc(C)n(-c3ccc(C(C)(C)C)cc3)c2C)C1=O. The van der Waals surface area contributed by atoms with Gasteiger partial charge in [-0.3, -0.25) is 9.59 Å². The van der Waals surface area contributed by atoms with Gasteiger partial charge in [-0.05, 0) is 66.8 Å². The quantitative estimate of drug-likeness (QED) is 0.371. The van der Waals surface area contributed by atoms with Crippen LogP contribution in [0.4, 0.5) is 10.5 Å². The maximum Gasteiger partial charge on any atom is 0.329 e. The maximum atomic E-state index is 13.0. The van der Waals surface area contributed by atoms with E-state index in [1.54, 1.807) is 30.3 Å². The van der Waals surface area contributed by atoms with Gasteiger partial charge in [-0.1, -0.05) is 45.0 Å². The van der Waals surface area contributed by atoms with Gasteiger partial charge in [0.05, 0.1) is 12.8 Å². The summed E-state index contributed by atoms with van der Waals surface area (Å²) in [7, 11) is 1.50. The molecule has 1 fully saturated rings. The highest BCUT2D eigenvalue weighted by molar-refractivity contribution is 6.16. The normalized spacial score (nSPS) is 14.8. The number of rotatable bonds is 6. The van der Waals surface area contributed by atoms with Gasteiger partial charge in [-0.2, -0.15) is 0 Å². The molecule has 2 heterocycles. The molecule has 37 heavy (non-hydrogen) atoms. The number of anilines is 1. The molecule has 2 N–H and O–H groups in total. The van der Waals surface area contributed by atoms with Crippen LogP contribution in [0.2, 0.25) is 0 Å². The fraction of sp³-hybridized carbons (Fsp3) is 0.276. The average Bonchev–Trinajstić information content (AvgIpc) is 3.27. The zero-order valence-electron chi connectivity index (χ0n) is 22.0. The van der Waals surface area contributed by atoms with Crippen LogP contribution in [0.3, 0.4) is 0 Å². The predicted molar refractivity (Wildman–Crippen MR) is 144 cm³/mol. The minimum Gasteiger partial charge on any atom is -0.495 e. The zero-order valence-corrected chi connectivity index (χ0v) is 22.0. The second-order valence-corrected chi connectivity index (χ2v) is 10.1. The second kappa shape index (κ2) is 9.97. The van der Waals surface area contributed by atoms with Gasteiger partial charge in [-0.15, -0.1) is 0 Å². The molecule has 1 aliphatic rings. The number of hydrogen-bond acceptors (Lipinski definition) is 4. The summed E-state index contributed by atoms with van der Waals surface area (Å²) in [5.74, 6) is -0.581. The molecule has 1 saturated heterocycles. The topological polar surface area (TPSA) is 92.7 Å². The van der Waals surface area contributed by atoms with Crippen molar-refractivity contribution in [1.29, 1.82) is 0 Å². The van der Waals surface area contributed by atoms with E-state index in [1.165, 1.54) is 12.7 Å². The number of urea groups is 1. The van der Waals surface area contributed by atoms with E-state index >= 15 is 0 Å². The molecule has 0 spiro atoms. The van der Waals surface area contributed by atoms with Crippen molar-refractivity contribution in [3.63, 3.8) is 0 Å². The lowest BCUT2D eigenvalue weighted by atomic mass is 9.87. The molecule has 0 saturated carbocycles. The van der Waals surface area contributed by atoms with E-state index in [0.717, 1.165) is 27.5 Å². The first-order valence-electron chi connectivity index (χ1n) is 12.1. The Kier molecular flexibility index (Phi) is 6.94. The number of carbonyl (C=O) groups is 3. The summed E-state index contributed by atoms with van der Waals surface area (Å²) in [5, 5.41) is 5.28. The van der Waals surface area contributed by atoms with Crippen LogP contribution in [0, 0.1) is 13.8 Å². The summed E-state index contributed by atoms with van der Waals surface area (Å²) in [5.41, 5.74) is 5.65. The Labute approximate surface area is 216 Å². The average molecular weight is 501 g/mol. The van der Waals surface area contributed by atoms with Crippen LogP contribution in [0.1, 0.15) is 43.3 Å². The van der Waals surface area contributed by atoms with Gasteiger partial charge in [0, 0.05) is 17.1 Å². The third-order valence-corrected chi connectivity index (χ3v) is 6.41. The van der Waals surface area contributed by atoms with Crippen molar-refractivity contribution in [1.82, 2.24) is 14.8 Å². The summed E-state index contributed by atoms with van der Waals surface area (Å²) in [4.78, 5) is 39.0. The smallest absolute Gasteiger partial charge is 0.329 e. The minimum absolute atomic E-state index is 0.0614. The van der Waals surface area contributed by atoms with Crippen LogP contribution in [0.25, 0.3) is 11.8 Å². The number of hydrogen-bond donors (Lipinski definition) is 2. The first-order chi connectivity index (χ1) is 17.5. The number of methoxy groups -OCH3 is 1. The zero-order chi connectivity index (χ0) is 26.9. The molecule has 4 rings (SSSR count). The van der Waals surface area contributed by atoms with Crippen molar-refractivity contribution in [3.8, 4) is 11.4 Å². The van der Waals surface area contributed by atoms with Crippen LogP contribution in [0.15, 0.2) is 60.3 Å². The van der Waals surface area contributed by atoms with Gasteiger partial charge < -0.3 is 19.9 Å². The number of aromatic nitrogens is 1. The molecule has 8 nitrogen and oxygen atoms in total. The number of amides is 4. The molecule has 0 radical (unpaired) electrons. The van der Waals surface area contributed by atoms with Gasteiger partial charge in [0.2, 0.25) is 5.91 Å². The monoisotopic (exact) mass is 500 g/mol. The lowest BCUT2D eigenvalue weighted by Crippen LogP contribution is -2.38. The Hall–Kier alpha value is -4.33. The molecule has 4 amide bonds. The Morgan fingerprint density at radius 1 is 1.05 bits per heavy atom. The van der Waals surface area contributed by atoms with Crippen LogP contribution in [-0.2, 0) is 15.0 Å². The summed E-state index contributed by atoms with van der Waals surface area (Å²) >= 11 is 0. The second-order valence-electron chi connectivity index (χ2n) is 10.1. The van der Waals surface area contributed by atoms with Crippen molar-refractivity contribution >= 4 is 29.6 Å². The highest BCUT2D eigenvalue weighted by atomic mass is 16.5. The first-order valence-corrected chi connectivity index (χ1v) is 12.1. The lowest BCUT2D eigenvalue weighted by molar-refractivity contribution is -0.127. The number of ether oxygens (including phenoxy) is 1. The van der Waals surface area contributed by atoms with Gasteiger partial charge in [0.15, 0.2) is 0 Å². The molecule has 0 unspecified atom stereocenters. The highest BCUT2D eigenvalue weighted by Gasteiger charge is 2.35. The number of nitrogens with zero attached hydrogens (tertiary/aromatic N) is 2. The van der Waals surface area contributed by atoms with Crippen LogP contribution >= 0.6 is 0 Å². The number of aryl methyl sites for hydroxylation is 1. The standard InChI is InChI=1S/C29H32N4O4/c1-18-15-20(19(2)33(18)22-13-11-21(12-14-22)29(3,4)5)16-24-27(35)32(28(36)31-24)17-26(34)30-23-9-7-8-10-25(23)37-6/h7-16H,17H2,1-6H3,(H,30,34)(H,31,36)/b24-16+. The van der Waals surface area contributed by atoms with Crippen molar-refractivity contribution in [2.24, 2.45) is 0 Å². The summed E-state index contributed by atoms with van der Waals surface area (Å²) in [6.07, 6.45) is 1.65. The number of para-hydroxylation sites is 2. The van der Waals surface area contributed by atoms with E-state index in [-0.39, 0.29) is 11.1 Å². The Bertz CT molecular complexity index is 1390. The first kappa shape index (κ1) is 25.8. The summed E-state index contributed by atoms with van der Waals surface area (Å²) < 4.78 is 7.34. The fourth-order valence-electron chi connectivity index (χ4n) is 4.39. The third-order valence-electron chi connectivity index (χ3n) is 6.41. The molecular weight excluding hydrogens is 468 g/mol. The van der Waals surface area contributed by atoms with E-state index in [4.69, 9.17) is 4.74 Å². The van der Waals surface area contributed by atoms with Gasteiger partial charge in [0.1, 0.15) is 18.0 Å². The number of nitrogens with one attached hydrogen (secondary N) is 2. The minimum atomic E-state index is -0.641. The van der Waals surface area contributed by atoms with Crippen molar-refractivity contribution in [2.45, 2.75) is 40.0 Å². The van der Waals surface area contributed by atoms with E-state index in [2.05, 4.69) is 60.2 Å². The molecule has 0 bridgehead atoms. The van der Waals surface area contributed by atoms with Crippen LogP contribution < -0.4 is 15.4 Å². The predicted octanol–water partition coefficient (Wildman–Crippen LogP) is 4.93. The molecule has 3 aromatic rings. The van der Waals surface area contributed by atoms with Crippen molar-refractivity contribution in [3.05, 3.63) is 82.8 Å². The van der Waals surface area contributed by atoms with Gasteiger partial charge in [-0.25, -0.2) is 9.69 Å². The molecule has 1 aromatic heterocycles. The summed E-state index contributed by atoms with van der Waals surface area (Å²) in [6, 6.07) is 16.7. The Balaban J connectivity index is 1.53. The molecule has 192 valence electrons. The summed E-state index contributed by atoms with van der Waals surface area (Å²) in [6.45, 7) is 10.1. The van der Waals surface area contributed by atoms with E-state index < -0.39 is 24.4 Å².